The number of phosphoric acid groups is 1. The van der Waals surface area contributed by atoms with Crippen molar-refractivity contribution in [1.29, 1.82) is 0 Å². The van der Waals surface area contributed by atoms with Crippen LogP contribution in [0.1, 0.15) is 219 Å². The lowest BCUT2D eigenvalue weighted by molar-refractivity contribution is -0.870. The molecule has 0 bridgehead atoms. The SMILES string of the molecule is CCCC/C=C/CCCCCCCC(=O)OC[C@H](COP(=O)(O)OCC[N+](C)(C)C)OC(=O)CCC/C=C/CCCCCCCCCCCCCCCCCCCC. The van der Waals surface area contributed by atoms with E-state index in [9.17, 15) is 19.0 Å². The summed E-state index contributed by atoms with van der Waals surface area (Å²) in [6, 6.07) is 0. The molecule has 1 unspecified atom stereocenters. The average molecular weight is 843 g/mol. The standard InChI is InChI=1S/C48H92NO8P/c1-6-8-10-12-14-16-18-19-20-21-22-23-24-25-26-27-28-29-31-33-35-37-39-41-48(51)57-46(45-56-58(52,53)55-43-42-49(3,4)5)44-54-47(50)40-38-36-34-32-30-17-15-13-11-9-7-2/h13,15,33,35,46H,6-12,14,16-32,34,36-45H2,1-5H3/p+1/b15-13+,35-33+/t46-/m1/s1. The maximum Gasteiger partial charge on any atom is 0.472 e. The molecule has 0 aromatic carbocycles. The smallest absolute Gasteiger partial charge is 0.462 e. The normalized spacial score (nSPS) is 13.7. The second-order valence-corrected chi connectivity index (χ2v) is 18.9. The average Bonchev–Trinajstić information content (AvgIpc) is 3.17. The van der Waals surface area contributed by atoms with Crippen LogP contribution in [0.2, 0.25) is 0 Å². The van der Waals surface area contributed by atoms with Crippen molar-refractivity contribution in [2.24, 2.45) is 0 Å². The van der Waals surface area contributed by atoms with Gasteiger partial charge in [0, 0.05) is 12.8 Å². The Labute approximate surface area is 358 Å². The summed E-state index contributed by atoms with van der Waals surface area (Å²) in [5.74, 6) is -0.841. The minimum Gasteiger partial charge on any atom is -0.462 e. The molecule has 0 aliphatic heterocycles. The van der Waals surface area contributed by atoms with Crippen molar-refractivity contribution < 1.29 is 42.1 Å². The van der Waals surface area contributed by atoms with Gasteiger partial charge in [0.2, 0.25) is 0 Å². The summed E-state index contributed by atoms with van der Waals surface area (Å²) in [6.45, 7) is 4.37. The predicted molar refractivity (Wildman–Crippen MR) is 243 cm³/mol. The first-order valence-corrected chi connectivity index (χ1v) is 25.6. The van der Waals surface area contributed by atoms with Gasteiger partial charge in [-0.15, -0.1) is 0 Å². The molecule has 2 atom stereocenters. The second kappa shape index (κ2) is 40.9. The van der Waals surface area contributed by atoms with Crippen LogP contribution >= 0.6 is 7.82 Å². The third-order valence-corrected chi connectivity index (χ3v) is 11.4. The summed E-state index contributed by atoms with van der Waals surface area (Å²) < 4.78 is 34.3. The number of rotatable bonds is 44. The number of ether oxygens (including phenoxy) is 2. The van der Waals surface area contributed by atoms with Gasteiger partial charge in [-0.25, -0.2) is 4.57 Å². The van der Waals surface area contributed by atoms with Gasteiger partial charge < -0.3 is 18.9 Å². The van der Waals surface area contributed by atoms with Crippen molar-refractivity contribution in [3.63, 3.8) is 0 Å². The largest absolute Gasteiger partial charge is 0.472 e. The molecule has 342 valence electrons. The number of phosphoric ester groups is 1. The Morgan fingerprint density at radius 1 is 0.517 bits per heavy atom. The molecule has 0 heterocycles. The lowest BCUT2D eigenvalue weighted by Crippen LogP contribution is -2.37. The summed E-state index contributed by atoms with van der Waals surface area (Å²) in [7, 11) is 1.46. The van der Waals surface area contributed by atoms with Gasteiger partial charge in [0.05, 0.1) is 27.7 Å². The fourth-order valence-electron chi connectivity index (χ4n) is 6.65. The Morgan fingerprint density at radius 3 is 1.38 bits per heavy atom. The molecule has 9 nitrogen and oxygen atoms in total. The quantitative estimate of drug-likeness (QED) is 0.0212. The first kappa shape index (κ1) is 56.5. The molecular weight excluding hydrogens is 750 g/mol. The summed E-state index contributed by atoms with van der Waals surface area (Å²) in [5, 5.41) is 0. The fraction of sp³-hybridized carbons (Fsp3) is 0.875. The number of quaternary nitrogens is 1. The van der Waals surface area contributed by atoms with Gasteiger partial charge in [0.25, 0.3) is 0 Å². The molecule has 0 aromatic rings. The summed E-state index contributed by atoms with van der Waals surface area (Å²) in [6.07, 6.45) is 45.4. The van der Waals surface area contributed by atoms with Crippen molar-refractivity contribution in [1.82, 2.24) is 0 Å². The number of hydrogen-bond acceptors (Lipinski definition) is 7. The molecule has 0 spiro atoms. The Morgan fingerprint density at radius 2 is 0.914 bits per heavy atom. The molecule has 0 fully saturated rings. The number of likely N-dealkylation sites (N-methyl/N-ethyl adjacent to an activating group) is 1. The molecule has 0 rings (SSSR count). The van der Waals surface area contributed by atoms with Gasteiger partial charge in [0.15, 0.2) is 6.10 Å². The van der Waals surface area contributed by atoms with Crippen LogP contribution in [-0.2, 0) is 32.7 Å². The van der Waals surface area contributed by atoms with Gasteiger partial charge in [-0.2, -0.15) is 0 Å². The maximum atomic E-state index is 12.7. The summed E-state index contributed by atoms with van der Waals surface area (Å²) in [5.41, 5.74) is 0. The molecule has 58 heavy (non-hydrogen) atoms. The van der Waals surface area contributed by atoms with Crippen molar-refractivity contribution >= 4 is 19.8 Å². The topological polar surface area (TPSA) is 108 Å². The predicted octanol–water partition coefficient (Wildman–Crippen LogP) is 13.9. The van der Waals surface area contributed by atoms with Crippen LogP contribution in [0.25, 0.3) is 0 Å². The number of hydrogen-bond donors (Lipinski definition) is 1. The van der Waals surface area contributed by atoms with Crippen LogP contribution in [0.3, 0.4) is 0 Å². The first-order chi connectivity index (χ1) is 28.0. The zero-order valence-electron chi connectivity index (χ0n) is 38.5. The molecule has 10 heteroatoms. The van der Waals surface area contributed by atoms with Gasteiger partial charge in [0.1, 0.15) is 19.8 Å². The third kappa shape index (κ3) is 44.1. The first-order valence-electron chi connectivity index (χ1n) is 24.1. The Bertz CT molecular complexity index is 1040. The van der Waals surface area contributed by atoms with Crippen LogP contribution < -0.4 is 0 Å². The fourth-order valence-corrected chi connectivity index (χ4v) is 7.39. The molecule has 0 aromatic heterocycles. The number of nitrogens with zero attached hydrogens (tertiary/aromatic N) is 1. The zero-order valence-corrected chi connectivity index (χ0v) is 39.4. The van der Waals surface area contributed by atoms with E-state index in [-0.39, 0.29) is 32.0 Å². The number of carbonyl (C=O) groups excluding carboxylic acids is 2. The van der Waals surface area contributed by atoms with Crippen molar-refractivity contribution in [3.8, 4) is 0 Å². The van der Waals surface area contributed by atoms with E-state index in [1.165, 1.54) is 128 Å². The van der Waals surface area contributed by atoms with Crippen molar-refractivity contribution in [3.05, 3.63) is 24.3 Å². The molecular formula is C48H93NO8P+. The molecule has 0 aliphatic rings. The molecule has 1 N–H and O–H groups in total. The Kier molecular flexibility index (Phi) is 39.8. The highest BCUT2D eigenvalue weighted by molar-refractivity contribution is 7.47. The third-order valence-electron chi connectivity index (χ3n) is 10.5. The van der Waals surface area contributed by atoms with E-state index >= 15 is 0 Å². The zero-order chi connectivity index (χ0) is 42.8. The summed E-state index contributed by atoms with van der Waals surface area (Å²) in [4.78, 5) is 35.3. The molecule has 0 radical (unpaired) electrons. The van der Waals surface area contributed by atoms with E-state index in [1.54, 1.807) is 0 Å². The van der Waals surface area contributed by atoms with Crippen molar-refractivity contribution in [2.75, 3.05) is 47.5 Å². The number of esters is 2. The number of allylic oxidation sites excluding steroid dienone is 4. The van der Waals surface area contributed by atoms with E-state index in [4.69, 9.17) is 18.5 Å². The number of carbonyl (C=O) groups is 2. The van der Waals surface area contributed by atoms with Gasteiger partial charge >= 0.3 is 19.8 Å². The second-order valence-electron chi connectivity index (χ2n) is 17.5. The minimum atomic E-state index is -4.38. The van der Waals surface area contributed by atoms with Crippen LogP contribution in [0.4, 0.5) is 0 Å². The van der Waals surface area contributed by atoms with Crippen LogP contribution in [-0.4, -0.2) is 74.9 Å². The molecule has 0 aliphatic carbocycles. The summed E-state index contributed by atoms with van der Waals surface area (Å²) >= 11 is 0. The number of unbranched alkanes of at least 4 members (excludes halogenated alkanes) is 26. The van der Waals surface area contributed by atoms with Crippen molar-refractivity contribution in [2.45, 2.75) is 225 Å². The molecule has 0 saturated heterocycles. The lowest BCUT2D eigenvalue weighted by atomic mass is 10.0. The van der Waals surface area contributed by atoms with E-state index < -0.39 is 26.5 Å². The van der Waals surface area contributed by atoms with Gasteiger partial charge in [-0.3, -0.25) is 18.6 Å². The minimum absolute atomic E-state index is 0.0272. The Balaban J connectivity index is 4.23. The van der Waals surface area contributed by atoms with Gasteiger partial charge in [-0.1, -0.05) is 179 Å². The van der Waals surface area contributed by atoms with Crippen LogP contribution in [0, 0.1) is 0 Å². The highest BCUT2D eigenvalue weighted by Gasteiger charge is 2.27. The maximum absolute atomic E-state index is 12.7. The lowest BCUT2D eigenvalue weighted by Gasteiger charge is -2.24. The van der Waals surface area contributed by atoms with Gasteiger partial charge in [-0.05, 0) is 51.4 Å². The molecule has 0 amide bonds. The van der Waals surface area contributed by atoms with E-state index in [2.05, 4.69) is 38.2 Å². The van der Waals surface area contributed by atoms with E-state index in [0.29, 0.717) is 17.4 Å². The molecule has 0 saturated carbocycles. The van der Waals surface area contributed by atoms with E-state index in [1.807, 2.05) is 21.1 Å². The van der Waals surface area contributed by atoms with Crippen LogP contribution in [0.15, 0.2) is 24.3 Å². The van der Waals surface area contributed by atoms with E-state index in [0.717, 1.165) is 57.8 Å². The highest BCUT2D eigenvalue weighted by Crippen LogP contribution is 2.43. The highest BCUT2D eigenvalue weighted by atomic mass is 31.2. The monoisotopic (exact) mass is 843 g/mol. The Hall–Kier alpha value is -1.51. The van der Waals surface area contributed by atoms with Crippen LogP contribution in [0.5, 0.6) is 0 Å².